The zero-order valence-electron chi connectivity index (χ0n) is 28.1. The van der Waals surface area contributed by atoms with Gasteiger partial charge in [-0.25, -0.2) is 0 Å². The van der Waals surface area contributed by atoms with E-state index >= 15 is 0 Å². The normalized spacial score (nSPS) is 22.8. The van der Waals surface area contributed by atoms with Crippen molar-refractivity contribution in [3.63, 3.8) is 0 Å². The average molecular weight is 636 g/mol. The maximum Gasteiger partial charge on any atom is 0.311 e. The van der Waals surface area contributed by atoms with E-state index in [1.807, 2.05) is 18.2 Å². The van der Waals surface area contributed by atoms with Crippen LogP contribution >= 0.6 is 12.2 Å². The van der Waals surface area contributed by atoms with Crippen molar-refractivity contribution in [3.05, 3.63) is 35.9 Å². The highest BCUT2D eigenvalue weighted by Crippen LogP contribution is 2.33. The van der Waals surface area contributed by atoms with E-state index in [1.165, 1.54) is 0 Å². The third kappa shape index (κ3) is 10.3. The molecule has 1 aliphatic rings. The van der Waals surface area contributed by atoms with Crippen LogP contribution in [0.15, 0.2) is 30.3 Å². The number of rotatable bonds is 7. The third-order valence-corrected chi connectivity index (χ3v) is 6.85. The molecule has 11 heteroatoms. The lowest BCUT2D eigenvalue weighted by molar-refractivity contribution is -0.262. The third-order valence-electron chi connectivity index (χ3n) is 6.50. The average Bonchev–Trinajstić information content (AvgIpc) is 2.88. The molecule has 10 nitrogen and oxygen atoms in total. The second-order valence-corrected chi connectivity index (χ2v) is 15.6. The standard InChI is InChI=1S/C33H49NO9S/c1-30(2,3)26(35)39-18-20-21(41-27(36)31(4,5)6)22(42-28(37)32(7,8)9)23(43-29(38)33(10,11)12)24(40-20)34-25(44)19-16-14-13-15-17-19/h13-17,20-24H,18H2,1-12H3,(H,34,44)/t20-,21-,22+,23-,24-/m1/s1. The number of carbonyl (C=O) groups excluding carboxylic acids is 4. The van der Waals surface area contributed by atoms with Crippen LogP contribution in [0.2, 0.25) is 0 Å². The highest BCUT2D eigenvalue weighted by atomic mass is 32.1. The van der Waals surface area contributed by atoms with Gasteiger partial charge in [0.15, 0.2) is 24.5 Å². The maximum atomic E-state index is 13.4. The van der Waals surface area contributed by atoms with Crippen LogP contribution in [0.3, 0.4) is 0 Å². The highest BCUT2D eigenvalue weighted by molar-refractivity contribution is 7.80. The Bertz CT molecular complexity index is 1200. The minimum Gasteiger partial charge on any atom is -0.462 e. The van der Waals surface area contributed by atoms with Gasteiger partial charge < -0.3 is 29.0 Å². The van der Waals surface area contributed by atoms with E-state index in [9.17, 15) is 19.2 Å². The zero-order chi connectivity index (χ0) is 33.8. The summed E-state index contributed by atoms with van der Waals surface area (Å²) < 4.78 is 30.0. The van der Waals surface area contributed by atoms with Gasteiger partial charge in [-0.1, -0.05) is 42.5 Å². The molecule has 0 unspecified atom stereocenters. The van der Waals surface area contributed by atoms with Crippen LogP contribution in [-0.4, -0.2) is 66.1 Å². The summed E-state index contributed by atoms with van der Waals surface area (Å²) in [5.74, 6) is -2.38. The van der Waals surface area contributed by atoms with Gasteiger partial charge >= 0.3 is 23.9 Å². The summed E-state index contributed by atoms with van der Waals surface area (Å²) in [5.41, 5.74) is -3.03. The Morgan fingerprint density at radius 2 is 1.07 bits per heavy atom. The quantitative estimate of drug-likeness (QED) is 0.243. The fourth-order valence-electron chi connectivity index (χ4n) is 3.65. The predicted molar refractivity (Wildman–Crippen MR) is 168 cm³/mol. The Morgan fingerprint density at radius 1 is 0.659 bits per heavy atom. The van der Waals surface area contributed by atoms with Gasteiger partial charge in [-0.2, -0.15) is 0 Å². The van der Waals surface area contributed by atoms with Crippen molar-refractivity contribution in [1.29, 1.82) is 0 Å². The number of hydrogen-bond acceptors (Lipinski definition) is 10. The minimum absolute atomic E-state index is 0.267. The zero-order valence-corrected chi connectivity index (χ0v) is 28.9. The van der Waals surface area contributed by atoms with Crippen LogP contribution < -0.4 is 5.32 Å². The first-order valence-electron chi connectivity index (χ1n) is 14.7. The summed E-state index contributed by atoms with van der Waals surface area (Å²) >= 11 is 5.66. The molecule has 1 aromatic rings. The second-order valence-electron chi connectivity index (χ2n) is 15.1. The molecule has 44 heavy (non-hydrogen) atoms. The fourth-order valence-corrected chi connectivity index (χ4v) is 3.90. The molecular formula is C33H49NO9S. The van der Waals surface area contributed by atoms with Gasteiger partial charge in [-0.05, 0) is 83.1 Å². The fraction of sp³-hybridized carbons (Fsp3) is 0.667. The van der Waals surface area contributed by atoms with Gasteiger partial charge in [0, 0.05) is 5.56 Å². The molecule has 1 N–H and O–H groups in total. The summed E-state index contributed by atoms with van der Waals surface area (Å²) in [5, 5.41) is 3.10. The van der Waals surface area contributed by atoms with E-state index in [0.29, 0.717) is 5.56 Å². The lowest BCUT2D eigenvalue weighted by Gasteiger charge is -2.46. The van der Waals surface area contributed by atoms with Gasteiger partial charge in [-0.3, -0.25) is 19.2 Å². The number of nitrogens with one attached hydrogen (secondary N) is 1. The molecule has 246 valence electrons. The van der Waals surface area contributed by atoms with E-state index in [-0.39, 0.29) is 11.6 Å². The highest BCUT2D eigenvalue weighted by Gasteiger charge is 2.54. The van der Waals surface area contributed by atoms with Crippen molar-refractivity contribution in [1.82, 2.24) is 5.32 Å². The van der Waals surface area contributed by atoms with Crippen LogP contribution in [-0.2, 0) is 42.9 Å². The second kappa shape index (κ2) is 13.9. The van der Waals surface area contributed by atoms with Crippen LogP contribution in [0.25, 0.3) is 0 Å². The molecule has 5 atom stereocenters. The van der Waals surface area contributed by atoms with Gasteiger partial charge in [0.05, 0.1) is 21.7 Å². The van der Waals surface area contributed by atoms with Crippen molar-refractivity contribution in [2.24, 2.45) is 21.7 Å². The molecular weight excluding hydrogens is 586 g/mol. The Kier molecular flexibility index (Phi) is 11.8. The number of benzene rings is 1. The molecule has 1 heterocycles. The van der Waals surface area contributed by atoms with Gasteiger partial charge in [0.25, 0.3) is 0 Å². The van der Waals surface area contributed by atoms with E-state index in [1.54, 1.807) is 95.2 Å². The molecule has 0 aliphatic carbocycles. The lowest BCUT2D eigenvalue weighted by atomic mass is 9.92. The van der Waals surface area contributed by atoms with Gasteiger partial charge in [-0.15, -0.1) is 0 Å². The molecule has 0 aromatic heterocycles. The molecule has 0 radical (unpaired) electrons. The molecule has 1 saturated heterocycles. The van der Waals surface area contributed by atoms with E-state index < -0.39 is 76.2 Å². The van der Waals surface area contributed by atoms with Crippen molar-refractivity contribution in [2.75, 3.05) is 6.61 Å². The molecule has 0 amide bonds. The smallest absolute Gasteiger partial charge is 0.311 e. The predicted octanol–water partition coefficient (Wildman–Crippen LogP) is 5.14. The lowest BCUT2D eigenvalue weighted by Crippen LogP contribution is -2.67. The van der Waals surface area contributed by atoms with Gasteiger partial charge in [0.1, 0.15) is 17.7 Å². The Balaban J connectivity index is 2.70. The van der Waals surface area contributed by atoms with Crippen molar-refractivity contribution in [2.45, 2.75) is 114 Å². The molecule has 2 rings (SSSR count). The first-order chi connectivity index (χ1) is 19.9. The maximum absolute atomic E-state index is 13.4. The van der Waals surface area contributed by atoms with E-state index in [4.69, 9.17) is 35.9 Å². The molecule has 0 spiro atoms. The monoisotopic (exact) mass is 635 g/mol. The van der Waals surface area contributed by atoms with Crippen LogP contribution in [0, 0.1) is 21.7 Å². The Morgan fingerprint density at radius 3 is 1.50 bits per heavy atom. The van der Waals surface area contributed by atoms with Crippen molar-refractivity contribution >= 4 is 41.1 Å². The number of ether oxygens (including phenoxy) is 5. The number of hydrogen-bond donors (Lipinski definition) is 1. The number of carbonyl (C=O) groups is 4. The molecule has 1 fully saturated rings. The van der Waals surface area contributed by atoms with Gasteiger partial charge in [0.2, 0.25) is 0 Å². The van der Waals surface area contributed by atoms with Crippen molar-refractivity contribution < 1.29 is 42.9 Å². The Labute approximate surface area is 266 Å². The minimum atomic E-state index is -1.36. The number of esters is 4. The SMILES string of the molecule is CC(C)(C)C(=O)OC[C@H]1O[C@@H](NC(=S)c2ccccc2)[C@H](OC(=O)C(C)(C)C)[C@@H](OC(=O)C(C)(C)C)[C@@H]1OC(=O)C(C)(C)C. The summed E-state index contributed by atoms with van der Waals surface area (Å²) in [6, 6.07) is 9.05. The van der Waals surface area contributed by atoms with Crippen LogP contribution in [0.1, 0.15) is 88.6 Å². The van der Waals surface area contributed by atoms with E-state index in [0.717, 1.165) is 0 Å². The van der Waals surface area contributed by atoms with Crippen LogP contribution in [0.5, 0.6) is 0 Å². The molecule has 0 bridgehead atoms. The molecule has 0 saturated carbocycles. The Hall–Kier alpha value is -3.05. The number of thiocarbonyl (C=S) groups is 1. The summed E-state index contributed by atoms with van der Waals surface area (Å²) in [6.07, 6.45) is -6.31. The molecule has 1 aliphatic heterocycles. The van der Waals surface area contributed by atoms with E-state index in [2.05, 4.69) is 5.32 Å². The largest absolute Gasteiger partial charge is 0.462 e. The summed E-state index contributed by atoms with van der Waals surface area (Å²) in [4.78, 5) is 53.0. The van der Waals surface area contributed by atoms with Crippen LogP contribution in [0.4, 0.5) is 0 Å². The summed E-state index contributed by atoms with van der Waals surface area (Å²) in [6.45, 7) is 19.8. The summed E-state index contributed by atoms with van der Waals surface area (Å²) in [7, 11) is 0. The molecule has 1 aromatic carbocycles. The van der Waals surface area contributed by atoms with Crippen molar-refractivity contribution in [3.8, 4) is 0 Å². The first kappa shape index (κ1) is 37.1. The topological polar surface area (TPSA) is 126 Å². The first-order valence-corrected chi connectivity index (χ1v) is 15.2.